The molecule has 0 aliphatic carbocycles. The van der Waals surface area contributed by atoms with Crippen molar-refractivity contribution in [1.82, 2.24) is 5.32 Å². The minimum absolute atomic E-state index is 0.428. The average molecular weight is 255 g/mol. The van der Waals surface area contributed by atoms with Crippen LogP contribution in [0.25, 0.3) is 0 Å². The van der Waals surface area contributed by atoms with Gasteiger partial charge in [-0.1, -0.05) is 6.92 Å². The van der Waals surface area contributed by atoms with Gasteiger partial charge in [-0.3, -0.25) is 0 Å². The first-order chi connectivity index (χ1) is 8.81. The van der Waals surface area contributed by atoms with Crippen molar-refractivity contribution in [3.05, 3.63) is 0 Å². The predicted molar refractivity (Wildman–Crippen MR) is 73.8 cm³/mol. The molecule has 2 fully saturated rings. The molecule has 4 unspecified atom stereocenters. The van der Waals surface area contributed by atoms with Gasteiger partial charge in [0, 0.05) is 25.2 Å². The number of hydrogen-bond acceptors (Lipinski definition) is 3. The fraction of sp³-hybridized carbons (Fsp3) is 1.00. The fourth-order valence-electron chi connectivity index (χ4n) is 3.44. The second-order valence-electron chi connectivity index (χ2n) is 5.76. The van der Waals surface area contributed by atoms with Crippen molar-refractivity contribution in [2.75, 3.05) is 19.8 Å². The Morgan fingerprint density at radius 2 is 2.11 bits per heavy atom. The highest BCUT2D eigenvalue weighted by atomic mass is 16.5. The molecular formula is C15H29NO2. The van der Waals surface area contributed by atoms with Crippen molar-refractivity contribution >= 4 is 0 Å². The van der Waals surface area contributed by atoms with E-state index in [1.54, 1.807) is 0 Å². The summed E-state index contributed by atoms with van der Waals surface area (Å²) in [5.74, 6) is 0.703. The van der Waals surface area contributed by atoms with Crippen LogP contribution in [0.1, 0.15) is 52.4 Å². The molecule has 2 aliphatic rings. The highest BCUT2D eigenvalue weighted by Crippen LogP contribution is 2.27. The molecule has 0 saturated carbocycles. The van der Waals surface area contributed by atoms with Gasteiger partial charge in [-0.15, -0.1) is 0 Å². The number of nitrogens with one attached hydrogen (secondary N) is 1. The predicted octanol–water partition coefficient (Wildman–Crippen LogP) is 2.74. The molecule has 3 heteroatoms. The van der Waals surface area contributed by atoms with E-state index < -0.39 is 0 Å². The molecule has 0 aromatic heterocycles. The van der Waals surface area contributed by atoms with Gasteiger partial charge >= 0.3 is 0 Å². The second kappa shape index (κ2) is 7.46. The van der Waals surface area contributed by atoms with Crippen LogP contribution in [0.5, 0.6) is 0 Å². The Balaban J connectivity index is 1.71. The summed E-state index contributed by atoms with van der Waals surface area (Å²) in [6.45, 7) is 7.41. The Hall–Kier alpha value is -0.120. The van der Waals surface area contributed by atoms with E-state index in [1.165, 1.54) is 38.5 Å². The van der Waals surface area contributed by atoms with Crippen LogP contribution < -0.4 is 5.32 Å². The average Bonchev–Trinajstić information content (AvgIpc) is 2.99. The topological polar surface area (TPSA) is 30.5 Å². The number of ether oxygens (including phenoxy) is 2. The third-order valence-corrected chi connectivity index (χ3v) is 4.48. The van der Waals surface area contributed by atoms with Gasteiger partial charge < -0.3 is 14.8 Å². The molecule has 2 saturated heterocycles. The molecule has 0 spiro atoms. The molecule has 2 aliphatic heterocycles. The SMILES string of the molecule is CCNC(CCCC1CCCO1)C1CCOC1C. The first-order valence-electron chi connectivity index (χ1n) is 7.78. The minimum Gasteiger partial charge on any atom is -0.378 e. The van der Waals surface area contributed by atoms with Crippen LogP contribution in [-0.2, 0) is 9.47 Å². The minimum atomic E-state index is 0.428. The highest BCUT2D eigenvalue weighted by molar-refractivity contribution is 4.84. The summed E-state index contributed by atoms with van der Waals surface area (Å²) in [7, 11) is 0. The van der Waals surface area contributed by atoms with E-state index in [4.69, 9.17) is 9.47 Å². The van der Waals surface area contributed by atoms with E-state index in [0.29, 0.717) is 24.2 Å². The van der Waals surface area contributed by atoms with E-state index in [9.17, 15) is 0 Å². The maximum atomic E-state index is 5.71. The van der Waals surface area contributed by atoms with Crippen molar-refractivity contribution in [2.24, 2.45) is 5.92 Å². The molecule has 0 aromatic rings. The summed E-state index contributed by atoms with van der Waals surface area (Å²) >= 11 is 0. The zero-order chi connectivity index (χ0) is 12.8. The third-order valence-electron chi connectivity index (χ3n) is 4.48. The summed E-state index contributed by atoms with van der Waals surface area (Å²) in [6, 6.07) is 0.633. The summed E-state index contributed by atoms with van der Waals surface area (Å²) in [4.78, 5) is 0. The normalized spacial score (nSPS) is 34.0. The Kier molecular flexibility index (Phi) is 5.93. The first kappa shape index (κ1) is 14.3. The molecule has 0 bridgehead atoms. The second-order valence-corrected chi connectivity index (χ2v) is 5.76. The summed E-state index contributed by atoms with van der Waals surface area (Å²) in [6.07, 6.45) is 8.52. The lowest BCUT2D eigenvalue weighted by molar-refractivity contribution is 0.0887. The largest absolute Gasteiger partial charge is 0.378 e. The van der Waals surface area contributed by atoms with Crippen LogP contribution in [0.2, 0.25) is 0 Å². The molecule has 0 amide bonds. The maximum absolute atomic E-state index is 5.71. The molecule has 1 N–H and O–H groups in total. The molecule has 106 valence electrons. The van der Waals surface area contributed by atoms with E-state index in [-0.39, 0.29) is 0 Å². The van der Waals surface area contributed by atoms with Gasteiger partial charge in [0.05, 0.1) is 12.2 Å². The van der Waals surface area contributed by atoms with E-state index in [1.807, 2.05) is 0 Å². The van der Waals surface area contributed by atoms with Gasteiger partial charge in [0.2, 0.25) is 0 Å². The van der Waals surface area contributed by atoms with Crippen LogP contribution >= 0.6 is 0 Å². The fourth-order valence-corrected chi connectivity index (χ4v) is 3.44. The van der Waals surface area contributed by atoms with Crippen LogP contribution in [-0.4, -0.2) is 38.0 Å². The Morgan fingerprint density at radius 1 is 1.22 bits per heavy atom. The highest BCUT2D eigenvalue weighted by Gasteiger charge is 2.31. The lowest BCUT2D eigenvalue weighted by atomic mass is 9.89. The lowest BCUT2D eigenvalue weighted by Gasteiger charge is -2.27. The van der Waals surface area contributed by atoms with Gasteiger partial charge in [-0.25, -0.2) is 0 Å². The Morgan fingerprint density at radius 3 is 2.72 bits per heavy atom. The van der Waals surface area contributed by atoms with Gasteiger partial charge in [0.15, 0.2) is 0 Å². The van der Waals surface area contributed by atoms with E-state index in [0.717, 1.165) is 19.8 Å². The smallest absolute Gasteiger partial charge is 0.0590 e. The van der Waals surface area contributed by atoms with Crippen molar-refractivity contribution in [1.29, 1.82) is 0 Å². The van der Waals surface area contributed by atoms with Crippen LogP contribution in [0.15, 0.2) is 0 Å². The monoisotopic (exact) mass is 255 g/mol. The quantitative estimate of drug-likeness (QED) is 0.759. The van der Waals surface area contributed by atoms with Crippen molar-refractivity contribution in [3.63, 3.8) is 0 Å². The molecule has 3 nitrogen and oxygen atoms in total. The third kappa shape index (κ3) is 3.94. The number of hydrogen-bond donors (Lipinski definition) is 1. The molecule has 18 heavy (non-hydrogen) atoms. The van der Waals surface area contributed by atoms with Gasteiger partial charge in [0.25, 0.3) is 0 Å². The Labute approximate surface area is 112 Å². The van der Waals surface area contributed by atoms with Crippen LogP contribution in [0, 0.1) is 5.92 Å². The molecule has 0 aromatic carbocycles. The maximum Gasteiger partial charge on any atom is 0.0590 e. The summed E-state index contributed by atoms with van der Waals surface area (Å²) in [5, 5.41) is 3.66. The summed E-state index contributed by atoms with van der Waals surface area (Å²) < 4.78 is 11.4. The van der Waals surface area contributed by atoms with E-state index >= 15 is 0 Å². The van der Waals surface area contributed by atoms with Crippen molar-refractivity contribution in [3.8, 4) is 0 Å². The van der Waals surface area contributed by atoms with Crippen molar-refractivity contribution < 1.29 is 9.47 Å². The van der Waals surface area contributed by atoms with Gasteiger partial charge in [-0.2, -0.15) is 0 Å². The van der Waals surface area contributed by atoms with Crippen LogP contribution in [0.3, 0.4) is 0 Å². The van der Waals surface area contributed by atoms with Crippen molar-refractivity contribution in [2.45, 2.75) is 70.6 Å². The lowest BCUT2D eigenvalue weighted by Crippen LogP contribution is -2.39. The number of rotatable bonds is 7. The molecule has 2 heterocycles. The molecular weight excluding hydrogens is 226 g/mol. The van der Waals surface area contributed by atoms with Crippen LogP contribution in [0.4, 0.5) is 0 Å². The van der Waals surface area contributed by atoms with Gasteiger partial charge in [0.1, 0.15) is 0 Å². The first-order valence-corrected chi connectivity index (χ1v) is 7.78. The standard InChI is InChI=1S/C15H29NO2/c1-3-16-15(14-9-11-17-12(14)2)8-4-6-13-7-5-10-18-13/h12-16H,3-11H2,1-2H3. The zero-order valence-electron chi connectivity index (χ0n) is 12.0. The molecule has 2 rings (SSSR count). The Bertz CT molecular complexity index is 229. The van der Waals surface area contributed by atoms with E-state index in [2.05, 4.69) is 19.2 Å². The molecule has 0 radical (unpaired) electrons. The zero-order valence-corrected chi connectivity index (χ0v) is 12.0. The molecule has 4 atom stereocenters. The van der Waals surface area contributed by atoms with Gasteiger partial charge in [-0.05, 0) is 52.0 Å². The summed E-state index contributed by atoms with van der Waals surface area (Å²) in [5.41, 5.74) is 0.